The molecule has 0 spiro atoms. The van der Waals surface area contributed by atoms with Crippen molar-refractivity contribution in [2.45, 2.75) is 6.54 Å². The van der Waals surface area contributed by atoms with Crippen LogP contribution in [0.25, 0.3) is 0 Å². The van der Waals surface area contributed by atoms with Crippen molar-refractivity contribution in [1.29, 1.82) is 0 Å². The van der Waals surface area contributed by atoms with Crippen LogP contribution >= 0.6 is 0 Å². The van der Waals surface area contributed by atoms with E-state index in [1.165, 1.54) is 12.1 Å². The average Bonchev–Trinajstić information content (AvgIpc) is 2.82. The molecule has 0 atom stereocenters. The van der Waals surface area contributed by atoms with Gasteiger partial charge in [0.1, 0.15) is 0 Å². The van der Waals surface area contributed by atoms with E-state index in [-0.39, 0.29) is 17.9 Å². The highest BCUT2D eigenvalue weighted by Crippen LogP contribution is 2.11. The first-order valence-corrected chi connectivity index (χ1v) is 4.66. The quantitative estimate of drug-likeness (QED) is 0.875. The second kappa shape index (κ2) is 4.69. The van der Waals surface area contributed by atoms with Crippen LogP contribution in [0.5, 0.6) is 0 Å². The summed E-state index contributed by atoms with van der Waals surface area (Å²) in [6.45, 7) is -0.0225. The highest BCUT2D eigenvalue weighted by Gasteiger charge is 2.15. The molecule has 17 heavy (non-hydrogen) atoms. The summed E-state index contributed by atoms with van der Waals surface area (Å²) in [6, 6.07) is 3.37. The van der Waals surface area contributed by atoms with Crippen molar-refractivity contribution < 1.29 is 18.1 Å². The first kappa shape index (κ1) is 11.2. The van der Waals surface area contributed by atoms with Gasteiger partial charge in [0.2, 0.25) is 6.39 Å². The van der Waals surface area contributed by atoms with Crippen molar-refractivity contribution in [1.82, 2.24) is 15.5 Å². The topological polar surface area (TPSA) is 68.0 Å². The molecule has 1 N–H and O–H groups in total. The van der Waals surface area contributed by atoms with Crippen molar-refractivity contribution in [3.63, 3.8) is 0 Å². The summed E-state index contributed by atoms with van der Waals surface area (Å²) in [5, 5.41) is 5.79. The molecule has 0 saturated heterocycles. The number of carbonyl (C=O) groups excluding carboxylic acids is 1. The third-order valence-electron chi connectivity index (χ3n) is 2.01. The Bertz CT molecular complexity index is 528. The number of rotatable bonds is 3. The third-order valence-corrected chi connectivity index (χ3v) is 2.01. The molecule has 0 aliphatic carbocycles. The number of hydrogen-bond donors (Lipinski definition) is 1. The first-order valence-electron chi connectivity index (χ1n) is 4.66. The molecule has 2 rings (SSSR count). The minimum Gasteiger partial charge on any atom is -0.345 e. The lowest BCUT2D eigenvalue weighted by Crippen LogP contribution is -2.24. The zero-order valence-electron chi connectivity index (χ0n) is 8.48. The van der Waals surface area contributed by atoms with E-state index in [1.54, 1.807) is 0 Å². The molecule has 0 aliphatic heterocycles. The number of hydrogen-bond acceptors (Lipinski definition) is 4. The van der Waals surface area contributed by atoms with E-state index < -0.39 is 17.5 Å². The van der Waals surface area contributed by atoms with Gasteiger partial charge in [-0.15, -0.1) is 0 Å². The number of halogens is 2. The Morgan fingerprint density at radius 2 is 2.24 bits per heavy atom. The van der Waals surface area contributed by atoms with Crippen molar-refractivity contribution in [3.8, 4) is 0 Å². The average molecular weight is 239 g/mol. The first-order chi connectivity index (χ1) is 8.18. The fourth-order valence-electron chi connectivity index (χ4n) is 1.20. The molecule has 7 heteroatoms. The smallest absolute Gasteiger partial charge is 0.254 e. The van der Waals surface area contributed by atoms with Crippen molar-refractivity contribution >= 4 is 5.91 Å². The van der Waals surface area contributed by atoms with Crippen molar-refractivity contribution in [3.05, 3.63) is 47.6 Å². The molecule has 1 heterocycles. The minimum atomic E-state index is -1.18. The van der Waals surface area contributed by atoms with E-state index in [4.69, 9.17) is 0 Å². The largest absolute Gasteiger partial charge is 0.345 e. The maximum absolute atomic E-state index is 13.2. The fraction of sp³-hybridized carbons (Fsp3) is 0.100. The summed E-state index contributed by atoms with van der Waals surface area (Å²) in [5.74, 6) is -2.75. The number of aromatic nitrogens is 2. The molecule has 0 saturated carbocycles. The summed E-state index contributed by atoms with van der Waals surface area (Å²) in [4.78, 5) is 15.2. The Balaban J connectivity index is 2.07. The lowest BCUT2D eigenvalue weighted by Gasteiger charge is -2.03. The van der Waals surface area contributed by atoms with Crippen LogP contribution in [0.2, 0.25) is 0 Å². The molecule has 0 unspecified atom stereocenters. The lowest BCUT2D eigenvalue weighted by molar-refractivity contribution is 0.0944. The lowest BCUT2D eigenvalue weighted by atomic mass is 10.2. The van der Waals surface area contributed by atoms with Crippen molar-refractivity contribution in [2.24, 2.45) is 0 Å². The molecule has 0 aliphatic rings. The summed E-state index contributed by atoms with van der Waals surface area (Å²) in [7, 11) is 0. The molecule has 2 aromatic rings. The van der Waals surface area contributed by atoms with Crippen LogP contribution in [0, 0.1) is 11.6 Å². The SMILES string of the molecule is O=C(NCc1ncon1)c1cccc(F)c1F. The Kier molecular flexibility index (Phi) is 3.08. The normalized spacial score (nSPS) is 10.2. The second-order valence-corrected chi connectivity index (χ2v) is 3.13. The van der Waals surface area contributed by atoms with Crippen LogP contribution in [-0.4, -0.2) is 16.0 Å². The molecule has 1 aromatic heterocycles. The van der Waals surface area contributed by atoms with Gasteiger partial charge in [0.05, 0.1) is 12.1 Å². The second-order valence-electron chi connectivity index (χ2n) is 3.13. The molecule has 1 aromatic carbocycles. The van der Waals surface area contributed by atoms with Gasteiger partial charge < -0.3 is 9.84 Å². The minimum absolute atomic E-state index is 0.0225. The Morgan fingerprint density at radius 3 is 2.94 bits per heavy atom. The Labute approximate surface area is 94.4 Å². The van der Waals surface area contributed by atoms with E-state index in [0.29, 0.717) is 0 Å². The molecule has 0 fully saturated rings. The van der Waals surface area contributed by atoms with Crippen LogP contribution in [0.15, 0.2) is 29.1 Å². The van der Waals surface area contributed by atoms with Crippen LogP contribution in [-0.2, 0) is 6.54 Å². The van der Waals surface area contributed by atoms with E-state index in [2.05, 4.69) is 20.0 Å². The molecule has 5 nitrogen and oxygen atoms in total. The van der Waals surface area contributed by atoms with Gasteiger partial charge in [0, 0.05) is 0 Å². The third kappa shape index (κ3) is 2.44. The van der Waals surface area contributed by atoms with E-state index >= 15 is 0 Å². The van der Waals surface area contributed by atoms with Gasteiger partial charge >= 0.3 is 0 Å². The molecule has 1 amide bonds. The van der Waals surface area contributed by atoms with Crippen molar-refractivity contribution in [2.75, 3.05) is 0 Å². The standard InChI is InChI=1S/C10H7F2N3O2/c11-7-3-1-2-6(9(7)12)10(16)13-4-8-14-5-17-15-8/h1-3,5H,4H2,(H,13,16). The van der Waals surface area contributed by atoms with Gasteiger partial charge in [0.15, 0.2) is 17.5 Å². The van der Waals surface area contributed by atoms with E-state index in [0.717, 1.165) is 12.5 Å². The number of amides is 1. The molecule has 0 bridgehead atoms. The summed E-state index contributed by atoms with van der Waals surface area (Å²) in [6.07, 6.45) is 1.10. The van der Waals surface area contributed by atoms with Gasteiger partial charge in [-0.1, -0.05) is 11.2 Å². The highest BCUT2D eigenvalue weighted by atomic mass is 19.2. The van der Waals surface area contributed by atoms with Crippen LogP contribution in [0.1, 0.15) is 16.2 Å². The molecule has 0 radical (unpaired) electrons. The number of carbonyl (C=O) groups is 1. The maximum atomic E-state index is 13.2. The number of nitrogens with one attached hydrogen (secondary N) is 1. The van der Waals surface area contributed by atoms with Gasteiger partial charge in [-0.25, -0.2) is 8.78 Å². The Morgan fingerprint density at radius 1 is 1.41 bits per heavy atom. The summed E-state index contributed by atoms with van der Waals surface area (Å²) >= 11 is 0. The summed E-state index contributed by atoms with van der Waals surface area (Å²) in [5.41, 5.74) is -0.367. The zero-order valence-corrected chi connectivity index (χ0v) is 8.48. The van der Waals surface area contributed by atoms with Crippen LogP contribution in [0.3, 0.4) is 0 Å². The van der Waals surface area contributed by atoms with Crippen LogP contribution < -0.4 is 5.32 Å². The van der Waals surface area contributed by atoms with E-state index in [9.17, 15) is 13.6 Å². The molecular formula is C10H7F2N3O2. The zero-order chi connectivity index (χ0) is 12.3. The van der Waals surface area contributed by atoms with E-state index in [1.807, 2.05) is 0 Å². The summed E-state index contributed by atoms with van der Waals surface area (Å²) < 4.78 is 30.5. The van der Waals surface area contributed by atoms with Gasteiger partial charge in [-0.2, -0.15) is 4.98 Å². The predicted octanol–water partition coefficient (Wildman–Crippen LogP) is 1.28. The number of nitrogens with zero attached hydrogens (tertiary/aromatic N) is 2. The van der Waals surface area contributed by atoms with Gasteiger partial charge in [-0.05, 0) is 12.1 Å². The highest BCUT2D eigenvalue weighted by molar-refractivity contribution is 5.94. The Hall–Kier alpha value is -2.31. The van der Waals surface area contributed by atoms with Crippen LogP contribution in [0.4, 0.5) is 8.78 Å². The predicted molar refractivity (Wildman–Crippen MR) is 51.8 cm³/mol. The fourth-order valence-corrected chi connectivity index (χ4v) is 1.20. The monoisotopic (exact) mass is 239 g/mol. The van der Waals surface area contributed by atoms with Gasteiger partial charge in [0.25, 0.3) is 5.91 Å². The molecular weight excluding hydrogens is 232 g/mol. The van der Waals surface area contributed by atoms with Gasteiger partial charge in [-0.3, -0.25) is 4.79 Å². The maximum Gasteiger partial charge on any atom is 0.254 e. The molecule has 88 valence electrons. The number of benzene rings is 1.